The van der Waals surface area contributed by atoms with Crippen LogP contribution in [0.25, 0.3) is 0 Å². The standard InChI is InChI=1S/C8H14IN/c1-10-5-8(6-10)3-2-7(9)4-8/h7H,2-6H2,1H3/t7-/m0/s1. The molecular formula is C8H14IN. The number of hydrogen-bond donors (Lipinski definition) is 0. The predicted octanol–water partition coefficient (Wildman–Crippen LogP) is 1.91. The highest BCUT2D eigenvalue weighted by molar-refractivity contribution is 14.1. The van der Waals surface area contributed by atoms with E-state index in [0.717, 1.165) is 9.34 Å². The highest BCUT2D eigenvalue weighted by atomic mass is 127. The Hall–Kier alpha value is 0.690. The number of likely N-dealkylation sites (tertiary alicyclic amines) is 1. The molecule has 0 radical (unpaired) electrons. The second-order valence-corrected chi connectivity index (χ2v) is 5.77. The highest BCUT2D eigenvalue weighted by Crippen LogP contribution is 2.47. The summed E-state index contributed by atoms with van der Waals surface area (Å²) in [5.74, 6) is 0. The highest BCUT2D eigenvalue weighted by Gasteiger charge is 2.45. The van der Waals surface area contributed by atoms with Crippen LogP contribution >= 0.6 is 22.6 Å². The van der Waals surface area contributed by atoms with E-state index in [1.165, 1.54) is 32.4 Å². The van der Waals surface area contributed by atoms with Crippen molar-refractivity contribution in [2.75, 3.05) is 20.1 Å². The van der Waals surface area contributed by atoms with Gasteiger partial charge in [-0.2, -0.15) is 0 Å². The minimum absolute atomic E-state index is 0.778. The van der Waals surface area contributed by atoms with Crippen molar-refractivity contribution < 1.29 is 0 Å². The molecule has 2 fully saturated rings. The van der Waals surface area contributed by atoms with Gasteiger partial charge in [-0.05, 0) is 31.7 Å². The number of hydrogen-bond acceptors (Lipinski definition) is 1. The minimum atomic E-state index is 0.778. The van der Waals surface area contributed by atoms with Crippen molar-refractivity contribution >= 4 is 22.6 Å². The van der Waals surface area contributed by atoms with Crippen LogP contribution in [0, 0.1) is 5.41 Å². The fourth-order valence-electron chi connectivity index (χ4n) is 2.52. The van der Waals surface area contributed by atoms with Gasteiger partial charge in [-0.15, -0.1) is 0 Å². The summed E-state index contributed by atoms with van der Waals surface area (Å²) in [4.78, 5) is 2.44. The van der Waals surface area contributed by atoms with E-state index in [2.05, 4.69) is 34.5 Å². The average molecular weight is 251 g/mol. The molecule has 1 saturated heterocycles. The zero-order valence-corrected chi connectivity index (χ0v) is 8.60. The first-order chi connectivity index (χ1) is 4.70. The number of halogens is 1. The van der Waals surface area contributed by atoms with E-state index in [-0.39, 0.29) is 0 Å². The molecule has 58 valence electrons. The largest absolute Gasteiger partial charge is 0.305 e. The fraction of sp³-hybridized carbons (Fsp3) is 1.00. The predicted molar refractivity (Wildman–Crippen MR) is 51.6 cm³/mol. The van der Waals surface area contributed by atoms with Crippen LogP contribution in [-0.2, 0) is 0 Å². The van der Waals surface area contributed by atoms with Gasteiger partial charge in [0.1, 0.15) is 0 Å². The van der Waals surface area contributed by atoms with Crippen LogP contribution in [-0.4, -0.2) is 29.0 Å². The number of rotatable bonds is 0. The maximum absolute atomic E-state index is 2.60. The summed E-state index contributed by atoms with van der Waals surface area (Å²) in [6.45, 7) is 2.74. The van der Waals surface area contributed by atoms with Gasteiger partial charge in [0.2, 0.25) is 0 Å². The van der Waals surface area contributed by atoms with E-state index in [1.807, 2.05) is 0 Å². The molecule has 0 aromatic heterocycles. The quantitative estimate of drug-likeness (QED) is 0.469. The molecule has 10 heavy (non-hydrogen) atoms. The van der Waals surface area contributed by atoms with Crippen LogP contribution < -0.4 is 0 Å². The molecule has 2 aliphatic rings. The lowest BCUT2D eigenvalue weighted by atomic mass is 9.79. The molecule has 0 amide bonds. The van der Waals surface area contributed by atoms with Crippen LogP contribution in [0.4, 0.5) is 0 Å². The first kappa shape index (κ1) is 7.35. The number of alkyl halides is 1. The third-order valence-corrected chi connectivity index (χ3v) is 3.92. The van der Waals surface area contributed by atoms with Gasteiger partial charge in [-0.3, -0.25) is 0 Å². The lowest BCUT2D eigenvalue weighted by Crippen LogP contribution is -2.52. The van der Waals surface area contributed by atoms with Crippen LogP contribution in [0.5, 0.6) is 0 Å². The van der Waals surface area contributed by atoms with Crippen molar-refractivity contribution in [1.29, 1.82) is 0 Å². The van der Waals surface area contributed by atoms with E-state index < -0.39 is 0 Å². The van der Waals surface area contributed by atoms with E-state index >= 15 is 0 Å². The van der Waals surface area contributed by atoms with Crippen molar-refractivity contribution in [2.24, 2.45) is 5.41 Å². The molecule has 1 atom stereocenters. The van der Waals surface area contributed by atoms with Gasteiger partial charge < -0.3 is 4.90 Å². The average Bonchev–Trinajstić information content (AvgIpc) is 2.10. The lowest BCUT2D eigenvalue weighted by Gasteiger charge is -2.46. The molecule has 2 rings (SSSR count). The monoisotopic (exact) mass is 251 g/mol. The van der Waals surface area contributed by atoms with Crippen LogP contribution in [0.2, 0.25) is 0 Å². The molecular weight excluding hydrogens is 237 g/mol. The maximum Gasteiger partial charge on any atom is 0.0116 e. The summed E-state index contributed by atoms with van der Waals surface area (Å²) >= 11 is 2.60. The number of nitrogens with zero attached hydrogens (tertiary/aromatic N) is 1. The van der Waals surface area contributed by atoms with Gasteiger partial charge >= 0.3 is 0 Å². The summed E-state index contributed by atoms with van der Waals surface area (Å²) in [6, 6.07) is 0. The molecule has 1 aliphatic heterocycles. The molecule has 1 aliphatic carbocycles. The van der Waals surface area contributed by atoms with Gasteiger partial charge in [0.05, 0.1) is 0 Å². The smallest absolute Gasteiger partial charge is 0.0116 e. The fourth-order valence-corrected chi connectivity index (χ4v) is 3.77. The Morgan fingerprint density at radius 2 is 2.20 bits per heavy atom. The molecule has 0 aromatic carbocycles. The normalized spacial score (nSPS) is 38.4. The van der Waals surface area contributed by atoms with Gasteiger partial charge in [0, 0.05) is 17.0 Å². The molecule has 1 spiro atoms. The molecule has 0 N–H and O–H groups in total. The SMILES string of the molecule is CN1CC2(CC[C@H](I)C2)C1. The third-order valence-electron chi connectivity index (χ3n) is 2.85. The second kappa shape index (κ2) is 2.34. The Labute approximate surface area is 76.3 Å². The van der Waals surface area contributed by atoms with Crippen molar-refractivity contribution in [1.82, 2.24) is 4.90 Å². The zero-order chi connectivity index (χ0) is 7.19. The Kier molecular flexibility index (Phi) is 1.72. The summed E-state index contributed by atoms with van der Waals surface area (Å²) < 4.78 is 0.978. The zero-order valence-electron chi connectivity index (χ0n) is 6.44. The second-order valence-electron chi connectivity index (χ2n) is 4.01. The van der Waals surface area contributed by atoms with Gasteiger partial charge in [-0.1, -0.05) is 22.6 Å². The van der Waals surface area contributed by atoms with E-state index in [4.69, 9.17) is 0 Å². The summed E-state index contributed by atoms with van der Waals surface area (Å²) in [7, 11) is 2.23. The summed E-state index contributed by atoms with van der Waals surface area (Å²) in [5, 5.41) is 0. The Balaban J connectivity index is 1.95. The molecule has 1 heterocycles. The van der Waals surface area contributed by atoms with E-state index in [1.54, 1.807) is 0 Å². The first-order valence-corrected chi connectivity index (χ1v) is 5.27. The van der Waals surface area contributed by atoms with E-state index in [9.17, 15) is 0 Å². The topological polar surface area (TPSA) is 3.24 Å². The molecule has 1 saturated carbocycles. The van der Waals surface area contributed by atoms with Crippen molar-refractivity contribution in [3.63, 3.8) is 0 Å². The summed E-state index contributed by atoms with van der Waals surface area (Å²) in [5.41, 5.74) is 0.778. The van der Waals surface area contributed by atoms with Crippen LogP contribution in [0.3, 0.4) is 0 Å². The van der Waals surface area contributed by atoms with Gasteiger partial charge in [0.25, 0.3) is 0 Å². The Bertz CT molecular complexity index is 135. The molecule has 0 aromatic rings. The first-order valence-electron chi connectivity index (χ1n) is 4.03. The molecule has 2 heteroatoms. The van der Waals surface area contributed by atoms with Crippen LogP contribution in [0.1, 0.15) is 19.3 Å². The Morgan fingerprint density at radius 1 is 1.50 bits per heavy atom. The molecule has 0 unspecified atom stereocenters. The Morgan fingerprint density at radius 3 is 2.60 bits per heavy atom. The van der Waals surface area contributed by atoms with Crippen molar-refractivity contribution in [2.45, 2.75) is 23.2 Å². The van der Waals surface area contributed by atoms with E-state index in [0.29, 0.717) is 0 Å². The molecule has 1 nitrogen and oxygen atoms in total. The van der Waals surface area contributed by atoms with Crippen LogP contribution in [0.15, 0.2) is 0 Å². The molecule has 0 bridgehead atoms. The lowest BCUT2D eigenvalue weighted by molar-refractivity contribution is 0.0296. The van der Waals surface area contributed by atoms with Crippen molar-refractivity contribution in [3.8, 4) is 0 Å². The van der Waals surface area contributed by atoms with Gasteiger partial charge in [-0.25, -0.2) is 0 Å². The minimum Gasteiger partial charge on any atom is -0.305 e. The maximum atomic E-state index is 2.60. The third kappa shape index (κ3) is 1.09. The van der Waals surface area contributed by atoms with Gasteiger partial charge in [0.15, 0.2) is 0 Å². The summed E-state index contributed by atoms with van der Waals surface area (Å²) in [6.07, 6.45) is 4.44. The van der Waals surface area contributed by atoms with Crippen molar-refractivity contribution in [3.05, 3.63) is 0 Å².